The van der Waals surface area contributed by atoms with Gasteiger partial charge >= 0.3 is 0 Å². The molecule has 0 aromatic heterocycles. The SMILES string of the molecule is CCCCCCC[CH]([Al])OCC.[HH]. The van der Waals surface area contributed by atoms with Crippen LogP contribution in [0.2, 0.25) is 0 Å². The van der Waals surface area contributed by atoms with Crippen molar-refractivity contribution in [3.63, 3.8) is 0 Å². The third-order valence-electron chi connectivity index (χ3n) is 1.97. The summed E-state index contributed by atoms with van der Waals surface area (Å²) in [4.78, 5) is 0.386. The van der Waals surface area contributed by atoms with Crippen molar-refractivity contribution in [2.75, 3.05) is 6.61 Å². The number of hydrogen-bond acceptors (Lipinski definition) is 1. The molecule has 0 aliphatic carbocycles. The van der Waals surface area contributed by atoms with E-state index in [0.29, 0.717) is 4.97 Å². The van der Waals surface area contributed by atoms with E-state index in [1.165, 1.54) is 38.5 Å². The van der Waals surface area contributed by atoms with Crippen LogP contribution >= 0.6 is 0 Å². The van der Waals surface area contributed by atoms with Gasteiger partial charge in [0.25, 0.3) is 0 Å². The molecule has 0 aliphatic heterocycles. The average Bonchev–Trinajstić information content (AvgIpc) is 2.05. The fourth-order valence-corrected chi connectivity index (χ4v) is 1.67. The van der Waals surface area contributed by atoms with E-state index in [2.05, 4.69) is 23.2 Å². The highest BCUT2D eigenvalue weighted by Gasteiger charge is 1.98. The highest BCUT2D eigenvalue weighted by molar-refractivity contribution is 6.10. The molecule has 1 unspecified atom stereocenters. The van der Waals surface area contributed by atoms with Gasteiger partial charge in [-0.2, -0.15) is 0 Å². The monoisotopic (exact) mass is 186 g/mol. The number of ether oxygens (including phenoxy) is 1. The molecule has 0 aromatic rings. The summed E-state index contributed by atoms with van der Waals surface area (Å²) in [7, 11) is 0. The summed E-state index contributed by atoms with van der Waals surface area (Å²) >= 11 is 2.75. The predicted molar refractivity (Wildman–Crippen MR) is 56.7 cm³/mol. The third kappa shape index (κ3) is 8.59. The van der Waals surface area contributed by atoms with Gasteiger partial charge in [0.1, 0.15) is 0 Å². The summed E-state index contributed by atoms with van der Waals surface area (Å²) in [5.74, 6) is 0. The Morgan fingerprint density at radius 3 is 2.42 bits per heavy atom. The lowest BCUT2D eigenvalue weighted by atomic mass is 10.1. The van der Waals surface area contributed by atoms with E-state index in [9.17, 15) is 0 Å². The van der Waals surface area contributed by atoms with Crippen LogP contribution in [-0.4, -0.2) is 27.9 Å². The molecule has 0 saturated carbocycles. The van der Waals surface area contributed by atoms with E-state index < -0.39 is 0 Å². The first-order chi connectivity index (χ1) is 5.81. The van der Waals surface area contributed by atoms with Gasteiger partial charge in [0.05, 0.1) is 0 Å². The van der Waals surface area contributed by atoms with E-state index in [4.69, 9.17) is 4.74 Å². The minimum Gasteiger partial charge on any atom is -0.396 e. The van der Waals surface area contributed by atoms with Crippen LogP contribution in [0.1, 0.15) is 53.8 Å². The standard InChI is InChI=1S/C10H21O.Al.H2/c1-3-5-6-7-8-9-10-11-4-2;;/h10H,3-9H2,1-2H3;;1H. The molecular weight excluding hydrogens is 163 g/mol. The van der Waals surface area contributed by atoms with Crippen LogP contribution in [0.4, 0.5) is 0 Å². The molecule has 0 fully saturated rings. The molecule has 1 atom stereocenters. The normalized spacial score (nSPS) is 13.2. The molecule has 2 radical (unpaired) electrons. The van der Waals surface area contributed by atoms with Gasteiger partial charge in [-0.05, 0) is 18.3 Å². The number of rotatable bonds is 8. The molecule has 0 spiro atoms. The second-order valence-corrected chi connectivity index (χ2v) is 3.94. The molecule has 72 valence electrons. The van der Waals surface area contributed by atoms with Gasteiger partial charge in [-0.3, -0.25) is 0 Å². The summed E-state index contributed by atoms with van der Waals surface area (Å²) in [5, 5.41) is 0. The first-order valence-electron chi connectivity index (χ1n) is 5.18. The Labute approximate surface area is 86.8 Å². The van der Waals surface area contributed by atoms with Crippen molar-refractivity contribution in [1.29, 1.82) is 0 Å². The van der Waals surface area contributed by atoms with Crippen molar-refractivity contribution in [3.8, 4) is 0 Å². The zero-order valence-electron chi connectivity index (χ0n) is 8.51. The summed E-state index contributed by atoms with van der Waals surface area (Å²) in [6.07, 6.45) is 7.98. The molecule has 12 heavy (non-hydrogen) atoms. The molecule has 0 amide bonds. The van der Waals surface area contributed by atoms with E-state index in [1.807, 2.05) is 6.92 Å². The lowest BCUT2D eigenvalue weighted by Crippen LogP contribution is -2.11. The Morgan fingerprint density at radius 2 is 1.83 bits per heavy atom. The van der Waals surface area contributed by atoms with Gasteiger partial charge in [-0.25, -0.2) is 0 Å². The molecule has 0 heterocycles. The first kappa shape index (κ1) is 12.5. The van der Waals surface area contributed by atoms with Gasteiger partial charge < -0.3 is 4.74 Å². The second-order valence-electron chi connectivity index (χ2n) is 3.20. The third-order valence-corrected chi connectivity index (χ3v) is 2.50. The van der Waals surface area contributed by atoms with Crippen LogP contribution < -0.4 is 0 Å². The fourth-order valence-electron chi connectivity index (χ4n) is 1.25. The maximum Gasteiger partial charge on any atom is 0.171 e. The molecule has 0 saturated heterocycles. The zero-order valence-corrected chi connectivity index (χ0v) is 9.67. The molecular formula is C10H23AlO. The first-order valence-corrected chi connectivity index (χ1v) is 5.85. The highest BCUT2D eigenvalue weighted by atomic mass is 27.0. The Kier molecular flexibility index (Phi) is 9.97. The smallest absolute Gasteiger partial charge is 0.171 e. The summed E-state index contributed by atoms with van der Waals surface area (Å²) in [6, 6.07) is 0. The van der Waals surface area contributed by atoms with Crippen molar-refractivity contribution >= 4 is 16.3 Å². The van der Waals surface area contributed by atoms with Crippen molar-refractivity contribution in [2.45, 2.75) is 57.3 Å². The van der Waals surface area contributed by atoms with E-state index in [0.717, 1.165) is 6.61 Å². The summed E-state index contributed by atoms with van der Waals surface area (Å²) in [5.41, 5.74) is 0. The fraction of sp³-hybridized carbons (Fsp3) is 1.00. The van der Waals surface area contributed by atoms with E-state index in [1.54, 1.807) is 0 Å². The molecule has 0 aromatic carbocycles. The molecule has 1 nitrogen and oxygen atoms in total. The number of unbranched alkanes of at least 4 members (excludes halogenated alkanes) is 4. The van der Waals surface area contributed by atoms with E-state index in [-0.39, 0.29) is 1.43 Å². The van der Waals surface area contributed by atoms with Crippen molar-refractivity contribution < 1.29 is 6.16 Å². The Hall–Kier alpha value is 0.492. The lowest BCUT2D eigenvalue weighted by molar-refractivity contribution is 0.111. The van der Waals surface area contributed by atoms with Crippen LogP contribution in [0.3, 0.4) is 0 Å². The molecule has 0 bridgehead atoms. The van der Waals surface area contributed by atoms with Gasteiger partial charge in [-0.15, -0.1) is 0 Å². The van der Waals surface area contributed by atoms with Gasteiger partial charge in [0, 0.05) is 8.03 Å². The van der Waals surface area contributed by atoms with Crippen LogP contribution in [0.5, 0.6) is 0 Å². The Morgan fingerprint density at radius 1 is 1.17 bits per heavy atom. The lowest BCUT2D eigenvalue weighted by Gasteiger charge is -2.11. The maximum absolute atomic E-state index is 5.41. The van der Waals surface area contributed by atoms with E-state index >= 15 is 0 Å². The van der Waals surface area contributed by atoms with Crippen LogP contribution in [0.15, 0.2) is 0 Å². The topological polar surface area (TPSA) is 9.23 Å². The van der Waals surface area contributed by atoms with Crippen molar-refractivity contribution in [3.05, 3.63) is 0 Å². The molecule has 0 rings (SSSR count). The predicted octanol–water partition coefficient (Wildman–Crippen LogP) is 3.12. The quantitative estimate of drug-likeness (QED) is 0.418. The van der Waals surface area contributed by atoms with Crippen molar-refractivity contribution in [1.82, 2.24) is 0 Å². The Balaban J connectivity index is 0. The average molecular weight is 186 g/mol. The second kappa shape index (κ2) is 9.58. The highest BCUT2D eigenvalue weighted by Crippen LogP contribution is 2.07. The number of hydrogen-bond donors (Lipinski definition) is 0. The van der Waals surface area contributed by atoms with Crippen LogP contribution in [0, 0.1) is 0 Å². The minimum absolute atomic E-state index is 0. The molecule has 2 heteroatoms. The summed E-state index contributed by atoms with van der Waals surface area (Å²) < 4.78 is 5.41. The molecule has 0 aliphatic rings. The Bertz CT molecular complexity index is 91.0. The minimum atomic E-state index is 0. The maximum atomic E-state index is 5.41. The van der Waals surface area contributed by atoms with Gasteiger partial charge in [0.2, 0.25) is 0 Å². The van der Waals surface area contributed by atoms with Gasteiger partial charge in [0.15, 0.2) is 16.3 Å². The van der Waals surface area contributed by atoms with Crippen molar-refractivity contribution in [2.24, 2.45) is 0 Å². The molecule has 0 N–H and O–H groups in total. The van der Waals surface area contributed by atoms with Gasteiger partial charge in [-0.1, -0.05) is 39.0 Å². The van der Waals surface area contributed by atoms with Crippen LogP contribution in [-0.2, 0) is 4.74 Å². The summed E-state index contributed by atoms with van der Waals surface area (Å²) in [6.45, 7) is 5.13. The van der Waals surface area contributed by atoms with Crippen LogP contribution in [0.25, 0.3) is 0 Å². The zero-order chi connectivity index (χ0) is 9.23. The largest absolute Gasteiger partial charge is 0.396 e.